The Morgan fingerprint density at radius 2 is 1.65 bits per heavy atom. The van der Waals surface area contributed by atoms with Crippen LogP contribution in [-0.2, 0) is 28.7 Å². The highest BCUT2D eigenvalue weighted by molar-refractivity contribution is 6.38. The zero-order valence-corrected chi connectivity index (χ0v) is 29.3. The summed E-state index contributed by atoms with van der Waals surface area (Å²) in [6, 6.07) is -3.16. The average Bonchev–Trinajstić information content (AvgIpc) is 3.27. The number of likely N-dealkylation sites (tertiary alicyclic amines) is 1. The number of rotatable bonds is 15. The van der Waals surface area contributed by atoms with E-state index < -0.39 is 58.7 Å². The first-order valence-electron chi connectivity index (χ1n) is 16.1. The van der Waals surface area contributed by atoms with Crippen molar-refractivity contribution in [2.75, 3.05) is 33.3 Å². The van der Waals surface area contributed by atoms with Gasteiger partial charge in [0.15, 0.2) is 0 Å². The van der Waals surface area contributed by atoms with E-state index in [9.17, 15) is 28.8 Å². The Bertz CT molecular complexity index is 1170. The topological polar surface area (TPSA) is 175 Å². The van der Waals surface area contributed by atoms with E-state index in [1.165, 1.54) is 13.1 Å². The Hall–Kier alpha value is -3.48. The Morgan fingerprint density at radius 3 is 2.17 bits per heavy atom. The first-order valence-corrected chi connectivity index (χ1v) is 16.1. The van der Waals surface area contributed by atoms with Crippen molar-refractivity contribution in [3.05, 3.63) is 12.7 Å². The zero-order chi connectivity index (χ0) is 35.2. The first kappa shape index (κ1) is 38.7. The molecule has 5 N–H and O–H groups in total. The van der Waals surface area contributed by atoms with Crippen molar-refractivity contribution in [3.63, 3.8) is 0 Å². The van der Waals surface area contributed by atoms with Crippen molar-refractivity contribution in [2.24, 2.45) is 28.1 Å². The second kappa shape index (κ2) is 15.4. The third-order valence-electron chi connectivity index (χ3n) is 9.15. The number of hydrogen-bond donors (Lipinski definition) is 5. The van der Waals surface area contributed by atoms with Gasteiger partial charge in [-0.2, -0.15) is 0 Å². The summed E-state index contributed by atoms with van der Waals surface area (Å²) in [4.78, 5) is 79.7. The summed E-state index contributed by atoms with van der Waals surface area (Å²) in [5.41, 5.74) is -1.22. The lowest BCUT2D eigenvalue weighted by atomic mass is 9.85. The van der Waals surface area contributed by atoms with Gasteiger partial charge in [-0.05, 0) is 34.5 Å². The highest BCUT2D eigenvalue weighted by Crippen LogP contribution is 2.65. The molecule has 0 aromatic rings. The molecule has 13 heteroatoms. The van der Waals surface area contributed by atoms with Crippen LogP contribution in [0.15, 0.2) is 12.7 Å². The van der Waals surface area contributed by atoms with Crippen LogP contribution < -0.4 is 26.6 Å². The van der Waals surface area contributed by atoms with Crippen LogP contribution in [0.2, 0.25) is 0 Å². The molecule has 0 aromatic carbocycles. The number of nitrogens with zero attached hydrogens (tertiary/aromatic N) is 1. The lowest BCUT2D eigenvalue weighted by Gasteiger charge is -2.38. The third-order valence-corrected chi connectivity index (χ3v) is 9.15. The number of hydrogen-bond acceptors (Lipinski definition) is 8. The Morgan fingerprint density at radius 1 is 1.02 bits per heavy atom. The minimum absolute atomic E-state index is 0.0306. The first-order chi connectivity index (χ1) is 21.2. The average molecular weight is 649 g/mol. The van der Waals surface area contributed by atoms with Gasteiger partial charge in [0, 0.05) is 20.1 Å². The Labute approximate surface area is 273 Å². The highest BCUT2D eigenvalue weighted by Gasteiger charge is 2.69. The summed E-state index contributed by atoms with van der Waals surface area (Å²) in [6.07, 6.45) is 1.69. The molecule has 6 atom stereocenters. The molecular formula is C33H56N6O7. The fourth-order valence-corrected chi connectivity index (χ4v) is 6.15. The van der Waals surface area contributed by atoms with Crippen molar-refractivity contribution in [1.82, 2.24) is 31.5 Å². The van der Waals surface area contributed by atoms with Gasteiger partial charge in [-0.25, -0.2) is 4.79 Å². The number of alkyl carbamates (subject to hydrolysis) is 1. The lowest BCUT2D eigenvalue weighted by Crippen LogP contribution is -2.61. The number of carbonyl (C=O) groups excluding carboxylic acids is 6. The number of ether oxygens (including phenoxy) is 1. The quantitative estimate of drug-likeness (QED) is 0.131. The van der Waals surface area contributed by atoms with Crippen LogP contribution in [0, 0.1) is 28.1 Å². The molecule has 5 amide bonds. The second-order valence-corrected chi connectivity index (χ2v) is 15.1. The van der Waals surface area contributed by atoms with Crippen LogP contribution >= 0.6 is 0 Å². The van der Waals surface area contributed by atoms with Gasteiger partial charge >= 0.3 is 6.09 Å². The van der Waals surface area contributed by atoms with Crippen LogP contribution in [-0.4, -0.2) is 97.9 Å². The molecule has 2 fully saturated rings. The van der Waals surface area contributed by atoms with Gasteiger partial charge in [0.2, 0.25) is 23.5 Å². The number of carbonyl (C=O) groups is 6. The molecular weight excluding hydrogens is 592 g/mol. The smallest absolute Gasteiger partial charge is 0.406 e. The SMILES string of the molecule is C=CCNC(=O)C(=O)C(CCC)NC(=O)C1[C@@H]2[C@H](CN1C(=O)C(NCC(=O)NC(COC(=O)NC)C(C)(C)C)C(C)(C)C)C2(C)C. The van der Waals surface area contributed by atoms with E-state index in [2.05, 4.69) is 47.0 Å². The van der Waals surface area contributed by atoms with Gasteiger partial charge in [-0.15, -0.1) is 6.58 Å². The zero-order valence-electron chi connectivity index (χ0n) is 29.3. The van der Waals surface area contributed by atoms with E-state index in [0.717, 1.165) is 0 Å². The summed E-state index contributed by atoms with van der Waals surface area (Å²) >= 11 is 0. The maximum absolute atomic E-state index is 14.2. The molecule has 1 aliphatic carbocycles. The number of piperidine rings is 1. The predicted octanol–water partition coefficient (Wildman–Crippen LogP) is 1.52. The predicted molar refractivity (Wildman–Crippen MR) is 174 cm³/mol. The van der Waals surface area contributed by atoms with E-state index >= 15 is 0 Å². The summed E-state index contributed by atoms with van der Waals surface area (Å²) in [5.74, 6) is -2.72. The fourth-order valence-electron chi connectivity index (χ4n) is 6.15. The highest BCUT2D eigenvalue weighted by atomic mass is 16.5. The summed E-state index contributed by atoms with van der Waals surface area (Å²) in [7, 11) is 1.45. The molecule has 260 valence electrons. The molecule has 2 aliphatic rings. The van der Waals surface area contributed by atoms with Gasteiger partial charge in [-0.1, -0.05) is 74.8 Å². The summed E-state index contributed by atoms with van der Waals surface area (Å²) in [5, 5.41) is 13.7. The van der Waals surface area contributed by atoms with E-state index in [4.69, 9.17) is 4.74 Å². The molecule has 0 spiro atoms. The molecule has 0 aromatic heterocycles. The third kappa shape index (κ3) is 9.52. The molecule has 1 saturated heterocycles. The van der Waals surface area contributed by atoms with Crippen molar-refractivity contribution < 1.29 is 33.5 Å². The Kier molecular flexibility index (Phi) is 13.0. The monoisotopic (exact) mass is 648 g/mol. The van der Waals surface area contributed by atoms with E-state index in [1.54, 1.807) is 4.90 Å². The number of amides is 5. The standard InChI is InChI=1S/C33H56N6O7/c1-12-14-20(25(41)28(43)35-15-13-2)37-27(42)24-23-19(33(23,9)10)17-39(24)29(44)26(32(6,7)8)36-16-22(40)38-21(31(3,4)5)18-46-30(45)34-11/h13,19-21,23-24,26,36H,2,12,14-18H2,1,3-11H3,(H,34,45)(H,35,43)(H,37,42)(H,38,40)/t19-,20?,21?,23-,24?,26?/m0/s1. The van der Waals surface area contributed by atoms with Crippen molar-refractivity contribution in [3.8, 4) is 0 Å². The molecule has 46 heavy (non-hydrogen) atoms. The normalized spacial score (nSPS) is 22.0. The number of nitrogens with one attached hydrogen (secondary N) is 5. The molecule has 13 nitrogen and oxygen atoms in total. The molecule has 4 unspecified atom stereocenters. The van der Waals surface area contributed by atoms with Crippen molar-refractivity contribution in [2.45, 2.75) is 99.3 Å². The van der Waals surface area contributed by atoms with Gasteiger partial charge in [0.25, 0.3) is 5.91 Å². The number of ketones is 1. The van der Waals surface area contributed by atoms with Gasteiger partial charge in [-0.3, -0.25) is 29.3 Å². The fraction of sp³-hybridized carbons (Fsp3) is 0.758. The van der Waals surface area contributed by atoms with Crippen molar-refractivity contribution in [1.29, 1.82) is 0 Å². The Balaban J connectivity index is 2.23. The molecule has 2 rings (SSSR count). The van der Waals surface area contributed by atoms with Gasteiger partial charge < -0.3 is 30.9 Å². The van der Waals surface area contributed by atoms with Crippen LogP contribution in [0.25, 0.3) is 0 Å². The summed E-state index contributed by atoms with van der Waals surface area (Å²) < 4.78 is 5.19. The van der Waals surface area contributed by atoms with Crippen LogP contribution in [0.1, 0.15) is 75.2 Å². The number of fused-ring (bicyclic) bond motifs is 1. The van der Waals surface area contributed by atoms with Gasteiger partial charge in [0.1, 0.15) is 12.6 Å². The van der Waals surface area contributed by atoms with E-state index in [1.807, 2.05) is 48.5 Å². The lowest BCUT2D eigenvalue weighted by molar-refractivity contribution is -0.145. The van der Waals surface area contributed by atoms with E-state index in [-0.39, 0.29) is 55.2 Å². The largest absolute Gasteiger partial charge is 0.447 e. The van der Waals surface area contributed by atoms with Crippen molar-refractivity contribution >= 4 is 35.5 Å². The molecule has 1 aliphatic heterocycles. The summed E-state index contributed by atoms with van der Waals surface area (Å²) in [6.45, 7) is 21.2. The molecule has 1 saturated carbocycles. The van der Waals surface area contributed by atoms with Gasteiger partial charge in [0.05, 0.1) is 24.7 Å². The minimum atomic E-state index is -1.02. The van der Waals surface area contributed by atoms with E-state index in [0.29, 0.717) is 13.0 Å². The van der Waals surface area contributed by atoms with Crippen LogP contribution in [0.5, 0.6) is 0 Å². The maximum Gasteiger partial charge on any atom is 0.406 e. The molecule has 0 radical (unpaired) electrons. The maximum atomic E-state index is 14.2. The van der Waals surface area contributed by atoms with Crippen LogP contribution in [0.3, 0.4) is 0 Å². The second-order valence-electron chi connectivity index (χ2n) is 15.1. The minimum Gasteiger partial charge on any atom is -0.447 e. The molecule has 0 bridgehead atoms. The number of Topliss-reactive ketones (excluding diaryl/α,β-unsaturated/α-hetero) is 1. The molecule has 1 heterocycles. The van der Waals surface area contributed by atoms with Crippen LogP contribution in [0.4, 0.5) is 4.79 Å².